The molecule has 1 saturated heterocycles. The van der Waals surface area contributed by atoms with Crippen molar-refractivity contribution in [2.24, 2.45) is 0 Å². The number of benzene rings is 1. The van der Waals surface area contributed by atoms with Gasteiger partial charge in [-0.3, -0.25) is 4.79 Å². The highest BCUT2D eigenvalue weighted by atomic mass is 32.1. The van der Waals surface area contributed by atoms with E-state index in [0.717, 1.165) is 37.3 Å². The maximum Gasteiger partial charge on any atom is 0.253 e. The molecule has 1 aliphatic heterocycles. The third-order valence-electron chi connectivity index (χ3n) is 4.79. The minimum absolute atomic E-state index is 0.0884. The summed E-state index contributed by atoms with van der Waals surface area (Å²) < 4.78 is 0. The normalized spacial score (nSPS) is 17.7. The standard InChI is InChI=1S/C19H25N3OS/c1-14-18(24-13-21-14)9-11-22(2)19(23)16-7-5-15(6-8-16)17-4-3-10-20-12-17/h5-8,13,17,20H,3-4,9-12H2,1-2H3/t17-/m1/s1. The Kier molecular flexibility index (Phi) is 5.63. The van der Waals surface area contributed by atoms with Gasteiger partial charge >= 0.3 is 0 Å². The van der Waals surface area contributed by atoms with E-state index in [1.165, 1.54) is 23.3 Å². The maximum absolute atomic E-state index is 12.6. The topological polar surface area (TPSA) is 45.2 Å². The van der Waals surface area contributed by atoms with E-state index in [2.05, 4.69) is 22.4 Å². The number of aromatic nitrogens is 1. The number of carbonyl (C=O) groups is 1. The number of thiazole rings is 1. The largest absolute Gasteiger partial charge is 0.341 e. The second-order valence-corrected chi connectivity index (χ2v) is 7.44. The average molecular weight is 343 g/mol. The molecule has 0 saturated carbocycles. The molecule has 4 nitrogen and oxygen atoms in total. The van der Waals surface area contributed by atoms with Crippen LogP contribution in [0.15, 0.2) is 29.8 Å². The Morgan fingerprint density at radius 3 is 2.79 bits per heavy atom. The third-order valence-corrected chi connectivity index (χ3v) is 5.79. The lowest BCUT2D eigenvalue weighted by atomic mass is 9.91. The molecule has 1 N–H and O–H groups in total. The zero-order chi connectivity index (χ0) is 16.9. The van der Waals surface area contributed by atoms with Crippen molar-refractivity contribution < 1.29 is 4.79 Å². The quantitative estimate of drug-likeness (QED) is 0.906. The Morgan fingerprint density at radius 1 is 1.38 bits per heavy atom. The van der Waals surface area contributed by atoms with Crippen molar-refractivity contribution in [3.63, 3.8) is 0 Å². The van der Waals surface area contributed by atoms with Gasteiger partial charge in [0.25, 0.3) is 5.91 Å². The first-order valence-electron chi connectivity index (χ1n) is 8.60. The zero-order valence-electron chi connectivity index (χ0n) is 14.4. The van der Waals surface area contributed by atoms with Crippen molar-refractivity contribution >= 4 is 17.2 Å². The maximum atomic E-state index is 12.6. The molecular formula is C19H25N3OS. The summed E-state index contributed by atoms with van der Waals surface area (Å²) in [4.78, 5) is 19.9. The zero-order valence-corrected chi connectivity index (χ0v) is 15.2. The van der Waals surface area contributed by atoms with Crippen LogP contribution in [0.1, 0.15) is 45.3 Å². The van der Waals surface area contributed by atoms with E-state index in [9.17, 15) is 4.79 Å². The van der Waals surface area contributed by atoms with Gasteiger partial charge in [0.15, 0.2) is 0 Å². The van der Waals surface area contributed by atoms with Crippen LogP contribution in [-0.2, 0) is 6.42 Å². The predicted octanol–water partition coefficient (Wildman–Crippen LogP) is 3.23. The van der Waals surface area contributed by atoms with Gasteiger partial charge in [-0.15, -0.1) is 11.3 Å². The van der Waals surface area contributed by atoms with Crippen LogP contribution in [-0.4, -0.2) is 42.5 Å². The minimum atomic E-state index is 0.0884. The van der Waals surface area contributed by atoms with Crippen LogP contribution in [0.5, 0.6) is 0 Å². The lowest BCUT2D eigenvalue weighted by Gasteiger charge is -2.23. The summed E-state index contributed by atoms with van der Waals surface area (Å²) in [6.45, 7) is 4.90. The van der Waals surface area contributed by atoms with Crippen molar-refractivity contribution in [3.8, 4) is 0 Å². The number of nitrogens with zero attached hydrogens (tertiary/aromatic N) is 2. The highest BCUT2D eigenvalue weighted by Crippen LogP contribution is 2.23. The van der Waals surface area contributed by atoms with Crippen molar-refractivity contribution in [1.82, 2.24) is 15.2 Å². The molecule has 0 unspecified atom stereocenters. The average Bonchev–Trinajstić information content (AvgIpc) is 3.05. The summed E-state index contributed by atoms with van der Waals surface area (Å²) in [5.41, 5.74) is 5.05. The Labute approximate surface area is 147 Å². The molecule has 1 aromatic carbocycles. The van der Waals surface area contributed by atoms with Gasteiger partial charge in [0.05, 0.1) is 11.2 Å². The van der Waals surface area contributed by atoms with E-state index in [0.29, 0.717) is 5.92 Å². The fraction of sp³-hybridized carbons (Fsp3) is 0.474. The van der Waals surface area contributed by atoms with Gasteiger partial charge in [-0.2, -0.15) is 0 Å². The lowest BCUT2D eigenvalue weighted by Crippen LogP contribution is -2.29. The van der Waals surface area contributed by atoms with E-state index >= 15 is 0 Å². The van der Waals surface area contributed by atoms with Crippen molar-refractivity contribution in [1.29, 1.82) is 0 Å². The molecule has 5 heteroatoms. The van der Waals surface area contributed by atoms with Crippen LogP contribution < -0.4 is 5.32 Å². The molecule has 1 aliphatic rings. The van der Waals surface area contributed by atoms with Crippen LogP contribution in [0.25, 0.3) is 0 Å². The lowest BCUT2D eigenvalue weighted by molar-refractivity contribution is 0.0796. The Balaban J connectivity index is 1.58. The van der Waals surface area contributed by atoms with Gasteiger partial charge < -0.3 is 10.2 Å². The molecule has 0 bridgehead atoms. The molecule has 1 atom stereocenters. The number of piperidine rings is 1. The Bertz CT molecular complexity index is 674. The molecule has 2 heterocycles. The number of hydrogen-bond donors (Lipinski definition) is 1. The molecule has 128 valence electrons. The van der Waals surface area contributed by atoms with E-state index in [4.69, 9.17) is 0 Å². The number of carbonyl (C=O) groups excluding carboxylic acids is 1. The molecule has 0 aliphatic carbocycles. The fourth-order valence-corrected chi connectivity index (χ4v) is 3.96. The summed E-state index contributed by atoms with van der Waals surface area (Å²) in [6.07, 6.45) is 3.32. The number of nitrogens with one attached hydrogen (secondary N) is 1. The number of likely N-dealkylation sites (N-methyl/N-ethyl adjacent to an activating group) is 1. The second-order valence-electron chi connectivity index (χ2n) is 6.50. The predicted molar refractivity (Wildman–Crippen MR) is 98.8 cm³/mol. The van der Waals surface area contributed by atoms with Gasteiger partial charge in [0.2, 0.25) is 0 Å². The molecular weight excluding hydrogens is 318 g/mol. The van der Waals surface area contributed by atoms with Crippen LogP contribution in [0, 0.1) is 6.92 Å². The van der Waals surface area contributed by atoms with Crippen molar-refractivity contribution in [2.45, 2.75) is 32.1 Å². The first kappa shape index (κ1) is 17.1. The SMILES string of the molecule is Cc1ncsc1CCN(C)C(=O)c1ccc([C@@H]2CCCNC2)cc1. The molecule has 1 aromatic heterocycles. The minimum Gasteiger partial charge on any atom is -0.341 e. The van der Waals surface area contributed by atoms with E-state index < -0.39 is 0 Å². The van der Waals surface area contributed by atoms with Crippen molar-refractivity contribution in [2.75, 3.05) is 26.7 Å². The fourth-order valence-electron chi connectivity index (χ4n) is 3.19. The third kappa shape index (κ3) is 4.02. The number of amides is 1. The Morgan fingerprint density at radius 2 is 2.17 bits per heavy atom. The molecule has 1 amide bonds. The van der Waals surface area contributed by atoms with Gasteiger partial charge in [-0.1, -0.05) is 12.1 Å². The van der Waals surface area contributed by atoms with Crippen LogP contribution >= 0.6 is 11.3 Å². The highest BCUT2D eigenvalue weighted by Gasteiger charge is 2.17. The molecule has 1 fully saturated rings. The monoisotopic (exact) mass is 343 g/mol. The summed E-state index contributed by atoms with van der Waals surface area (Å²) in [6, 6.07) is 8.18. The number of rotatable bonds is 5. The smallest absolute Gasteiger partial charge is 0.253 e. The molecule has 2 aromatic rings. The van der Waals surface area contributed by atoms with Crippen LogP contribution in [0.2, 0.25) is 0 Å². The summed E-state index contributed by atoms with van der Waals surface area (Å²) >= 11 is 1.66. The van der Waals surface area contributed by atoms with Gasteiger partial charge in [-0.25, -0.2) is 4.98 Å². The molecule has 3 rings (SSSR count). The first-order chi connectivity index (χ1) is 11.6. The molecule has 0 radical (unpaired) electrons. The van der Waals surface area contributed by atoms with E-state index in [1.54, 1.807) is 16.2 Å². The summed E-state index contributed by atoms with van der Waals surface area (Å²) in [7, 11) is 1.87. The first-order valence-corrected chi connectivity index (χ1v) is 9.48. The van der Waals surface area contributed by atoms with Crippen LogP contribution in [0.3, 0.4) is 0 Å². The van der Waals surface area contributed by atoms with Gasteiger partial charge in [0.1, 0.15) is 0 Å². The molecule has 0 spiro atoms. The van der Waals surface area contributed by atoms with E-state index in [1.807, 2.05) is 31.6 Å². The number of hydrogen-bond acceptors (Lipinski definition) is 4. The van der Waals surface area contributed by atoms with Gasteiger partial charge in [0, 0.05) is 37.0 Å². The van der Waals surface area contributed by atoms with Crippen LogP contribution in [0.4, 0.5) is 0 Å². The summed E-state index contributed by atoms with van der Waals surface area (Å²) in [5.74, 6) is 0.667. The number of aryl methyl sites for hydroxylation is 1. The Hall–Kier alpha value is -1.72. The molecule has 24 heavy (non-hydrogen) atoms. The van der Waals surface area contributed by atoms with E-state index in [-0.39, 0.29) is 5.91 Å². The van der Waals surface area contributed by atoms with Crippen molar-refractivity contribution in [3.05, 3.63) is 51.5 Å². The summed E-state index contributed by atoms with van der Waals surface area (Å²) in [5, 5.41) is 3.44. The van der Waals surface area contributed by atoms with Gasteiger partial charge in [-0.05, 0) is 49.9 Å². The second kappa shape index (κ2) is 7.90. The highest BCUT2D eigenvalue weighted by molar-refractivity contribution is 7.09.